The van der Waals surface area contributed by atoms with Gasteiger partial charge in [0.05, 0.1) is 9.23 Å². The normalized spacial score (nSPS) is 17.3. The maximum Gasteiger partial charge on any atom is 0.252 e. The van der Waals surface area contributed by atoms with E-state index in [9.17, 15) is 16.8 Å². The van der Waals surface area contributed by atoms with Crippen molar-refractivity contribution >= 4 is 43.0 Å². The molecular formula is C18H23ClN2O4S3. The van der Waals surface area contributed by atoms with Crippen LogP contribution >= 0.6 is 22.9 Å². The van der Waals surface area contributed by atoms with Crippen LogP contribution in [0.15, 0.2) is 45.5 Å². The van der Waals surface area contributed by atoms with Crippen molar-refractivity contribution in [1.82, 2.24) is 8.61 Å². The third-order valence-electron chi connectivity index (χ3n) is 4.55. The van der Waals surface area contributed by atoms with Crippen LogP contribution in [0.3, 0.4) is 0 Å². The molecule has 1 saturated heterocycles. The molecule has 0 radical (unpaired) electrons. The highest BCUT2D eigenvalue weighted by Crippen LogP contribution is 2.29. The summed E-state index contributed by atoms with van der Waals surface area (Å²) in [6.45, 7) is 4.69. The van der Waals surface area contributed by atoms with Crippen molar-refractivity contribution in [2.75, 3.05) is 26.2 Å². The molecule has 0 aliphatic carbocycles. The molecular weight excluding hydrogens is 440 g/mol. The van der Waals surface area contributed by atoms with Crippen molar-refractivity contribution in [3.05, 3.63) is 46.3 Å². The maximum atomic E-state index is 12.9. The number of nitrogens with zero attached hydrogens (tertiary/aromatic N) is 2. The number of hydrogen-bond acceptors (Lipinski definition) is 5. The van der Waals surface area contributed by atoms with E-state index in [0.717, 1.165) is 23.3 Å². The first-order valence-electron chi connectivity index (χ1n) is 8.95. The first-order chi connectivity index (χ1) is 13.1. The lowest BCUT2D eigenvalue weighted by Gasteiger charge is -2.33. The maximum absolute atomic E-state index is 12.9. The van der Waals surface area contributed by atoms with Gasteiger partial charge in [-0.15, -0.1) is 11.3 Å². The molecule has 0 spiro atoms. The minimum Gasteiger partial charge on any atom is -0.207 e. The van der Waals surface area contributed by atoms with E-state index in [2.05, 4.69) is 13.8 Å². The average Bonchev–Trinajstić information content (AvgIpc) is 3.09. The Hall–Kier alpha value is -0.970. The second kappa shape index (κ2) is 8.41. The van der Waals surface area contributed by atoms with Gasteiger partial charge in [-0.1, -0.05) is 37.6 Å². The van der Waals surface area contributed by atoms with Crippen molar-refractivity contribution in [3.63, 3.8) is 0 Å². The summed E-state index contributed by atoms with van der Waals surface area (Å²) in [5.41, 5.74) is 1.10. The number of sulfonamides is 2. The van der Waals surface area contributed by atoms with Crippen LogP contribution in [0.2, 0.25) is 4.34 Å². The zero-order chi connectivity index (χ0) is 20.5. The van der Waals surface area contributed by atoms with E-state index in [0.29, 0.717) is 10.3 Å². The molecule has 10 heteroatoms. The molecule has 1 aliphatic rings. The lowest BCUT2D eigenvalue weighted by molar-refractivity contribution is 0.273. The largest absolute Gasteiger partial charge is 0.252 e. The molecule has 2 aromatic rings. The van der Waals surface area contributed by atoms with Crippen molar-refractivity contribution in [1.29, 1.82) is 0 Å². The fourth-order valence-electron chi connectivity index (χ4n) is 3.13. The van der Waals surface area contributed by atoms with Gasteiger partial charge >= 0.3 is 0 Å². The van der Waals surface area contributed by atoms with Gasteiger partial charge in [-0.2, -0.15) is 8.61 Å². The van der Waals surface area contributed by atoms with Crippen LogP contribution < -0.4 is 0 Å². The predicted molar refractivity (Wildman–Crippen MR) is 112 cm³/mol. The Bertz CT molecular complexity index is 1020. The van der Waals surface area contributed by atoms with Gasteiger partial charge in [0, 0.05) is 26.2 Å². The van der Waals surface area contributed by atoms with E-state index in [1.165, 1.54) is 14.7 Å². The summed E-state index contributed by atoms with van der Waals surface area (Å²) in [5.74, 6) is 0.496. The number of thiophene rings is 1. The summed E-state index contributed by atoms with van der Waals surface area (Å²) in [6, 6.07) is 9.96. The van der Waals surface area contributed by atoms with E-state index in [-0.39, 0.29) is 35.3 Å². The smallest absolute Gasteiger partial charge is 0.207 e. The Balaban J connectivity index is 1.70. The molecule has 0 amide bonds. The highest BCUT2D eigenvalue weighted by atomic mass is 35.5. The van der Waals surface area contributed by atoms with Crippen molar-refractivity contribution in [2.45, 2.75) is 29.4 Å². The third-order valence-corrected chi connectivity index (χ3v) is 10.1. The number of benzene rings is 1. The molecule has 154 valence electrons. The first-order valence-corrected chi connectivity index (χ1v) is 13.0. The lowest BCUT2D eigenvalue weighted by atomic mass is 10.0. The van der Waals surface area contributed by atoms with Crippen LogP contribution in [0, 0.1) is 5.92 Å². The minimum atomic E-state index is -3.65. The zero-order valence-electron chi connectivity index (χ0n) is 15.7. The summed E-state index contributed by atoms with van der Waals surface area (Å²) in [6.07, 6.45) is 0.892. The second-order valence-corrected chi connectivity index (χ2v) is 12.9. The standard InChI is InChI=1S/C18H23ClN2O4S3/c1-14(2)13-15-3-5-16(6-4-15)27(22,23)20-9-11-21(12-10-20)28(24,25)18-8-7-17(19)26-18/h3-8,14H,9-13H2,1-2H3. The molecule has 0 atom stereocenters. The molecule has 0 N–H and O–H groups in total. The van der Waals surface area contributed by atoms with Gasteiger partial charge in [-0.25, -0.2) is 16.8 Å². The van der Waals surface area contributed by atoms with Crippen molar-refractivity contribution < 1.29 is 16.8 Å². The number of rotatable bonds is 6. The van der Waals surface area contributed by atoms with E-state index in [1.807, 2.05) is 12.1 Å². The molecule has 3 rings (SSSR count). The van der Waals surface area contributed by atoms with E-state index >= 15 is 0 Å². The topological polar surface area (TPSA) is 74.8 Å². The Morgan fingerprint density at radius 3 is 1.89 bits per heavy atom. The van der Waals surface area contributed by atoms with E-state index in [4.69, 9.17) is 11.6 Å². The van der Waals surface area contributed by atoms with Crippen LogP contribution in [0.5, 0.6) is 0 Å². The van der Waals surface area contributed by atoms with Crippen LogP contribution in [-0.4, -0.2) is 51.6 Å². The monoisotopic (exact) mass is 462 g/mol. The summed E-state index contributed by atoms with van der Waals surface area (Å²) >= 11 is 6.84. The fourth-order valence-corrected chi connectivity index (χ4v) is 7.61. The molecule has 28 heavy (non-hydrogen) atoms. The Morgan fingerprint density at radius 1 is 0.893 bits per heavy atom. The molecule has 1 aliphatic heterocycles. The molecule has 1 fully saturated rings. The van der Waals surface area contributed by atoms with Crippen LogP contribution in [0.25, 0.3) is 0 Å². The third kappa shape index (κ3) is 4.60. The molecule has 1 aromatic heterocycles. The van der Waals surface area contributed by atoms with Gasteiger partial charge in [0.1, 0.15) is 4.21 Å². The number of hydrogen-bond donors (Lipinski definition) is 0. The average molecular weight is 463 g/mol. The quantitative estimate of drug-likeness (QED) is 0.660. The number of piperazine rings is 1. The molecule has 2 heterocycles. The van der Waals surface area contributed by atoms with Crippen molar-refractivity contribution in [2.24, 2.45) is 5.92 Å². The Kier molecular flexibility index (Phi) is 6.53. The molecule has 1 aromatic carbocycles. The van der Waals surface area contributed by atoms with Crippen LogP contribution in [0.1, 0.15) is 19.4 Å². The van der Waals surface area contributed by atoms with E-state index in [1.54, 1.807) is 18.2 Å². The zero-order valence-corrected chi connectivity index (χ0v) is 18.9. The second-order valence-electron chi connectivity index (χ2n) is 7.11. The lowest BCUT2D eigenvalue weighted by Crippen LogP contribution is -2.50. The Morgan fingerprint density at radius 2 is 1.43 bits per heavy atom. The molecule has 0 saturated carbocycles. The van der Waals surface area contributed by atoms with Gasteiger partial charge < -0.3 is 0 Å². The summed E-state index contributed by atoms with van der Waals surface area (Å²) < 4.78 is 54.3. The van der Waals surface area contributed by atoms with Crippen molar-refractivity contribution in [3.8, 4) is 0 Å². The number of halogens is 1. The fraction of sp³-hybridized carbons (Fsp3) is 0.444. The van der Waals surface area contributed by atoms with Gasteiger partial charge in [-0.05, 0) is 42.2 Å². The van der Waals surface area contributed by atoms with Crippen LogP contribution in [0.4, 0.5) is 0 Å². The minimum absolute atomic E-state index is 0.114. The van der Waals surface area contributed by atoms with Gasteiger partial charge in [0.2, 0.25) is 10.0 Å². The van der Waals surface area contributed by atoms with Gasteiger partial charge in [0.15, 0.2) is 0 Å². The van der Waals surface area contributed by atoms with Gasteiger partial charge in [0.25, 0.3) is 10.0 Å². The highest BCUT2D eigenvalue weighted by molar-refractivity contribution is 7.91. The van der Waals surface area contributed by atoms with Gasteiger partial charge in [-0.3, -0.25) is 0 Å². The molecule has 0 bridgehead atoms. The SMILES string of the molecule is CC(C)Cc1ccc(S(=O)(=O)N2CCN(S(=O)(=O)c3ccc(Cl)s3)CC2)cc1. The first kappa shape index (κ1) is 21.7. The van der Waals surface area contributed by atoms with Crippen LogP contribution in [-0.2, 0) is 26.5 Å². The van der Waals surface area contributed by atoms with E-state index < -0.39 is 20.0 Å². The summed E-state index contributed by atoms with van der Waals surface area (Å²) in [7, 11) is -7.29. The molecule has 6 nitrogen and oxygen atoms in total. The predicted octanol–water partition coefficient (Wildman–Crippen LogP) is 3.30. The Labute approximate surface area is 175 Å². The summed E-state index contributed by atoms with van der Waals surface area (Å²) in [4.78, 5) is 0.237. The molecule has 0 unspecified atom stereocenters. The summed E-state index contributed by atoms with van der Waals surface area (Å²) in [5, 5.41) is 0. The highest BCUT2D eigenvalue weighted by Gasteiger charge is 2.34.